The first-order chi connectivity index (χ1) is 11.4. The van der Waals surface area contributed by atoms with E-state index in [-0.39, 0.29) is 18.1 Å². The van der Waals surface area contributed by atoms with Gasteiger partial charge in [0.1, 0.15) is 5.60 Å². The van der Waals surface area contributed by atoms with Crippen molar-refractivity contribution >= 4 is 20.8 Å². The molecule has 2 heterocycles. The molecule has 0 saturated carbocycles. The first-order valence-corrected chi connectivity index (χ1v) is 9.05. The highest BCUT2D eigenvalue weighted by Gasteiger charge is 2.49. The highest BCUT2D eigenvalue weighted by Crippen LogP contribution is 2.38. The minimum absolute atomic E-state index is 0.00460. The van der Waals surface area contributed by atoms with Gasteiger partial charge in [0.05, 0.1) is 0 Å². The molecule has 24 heavy (non-hydrogen) atoms. The van der Waals surface area contributed by atoms with Crippen molar-refractivity contribution in [2.75, 3.05) is 13.1 Å². The van der Waals surface area contributed by atoms with Crippen LogP contribution in [0.2, 0.25) is 0 Å². The number of sulfonamides is 1. The number of hydrogen-bond donors (Lipinski definition) is 1. The molecule has 4 rings (SSSR count). The summed E-state index contributed by atoms with van der Waals surface area (Å²) in [5, 5.41) is 16.9. The standard InChI is InChI=1S/C17H17N3O3S/c1-19-10-9-16(18-19)24(22,23)20-11-17(21,12-20)15-8-4-6-13-5-2-3-7-14(13)15/h2-10,21H,11-12H2,1H3. The van der Waals surface area contributed by atoms with Crippen LogP contribution >= 0.6 is 0 Å². The highest BCUT2D eigenvalue weighted by molar-refractivity contribution is 7.89. The van der Waals surface area contributed by atoms with Crippen LogP contribution in [0.15, 0.2) is 59.8 Å². The summed E-state index contributed by atoms with van der Waals surface area (Å²) in [6.45, 7) is 0.0554. The molecule has 0 atom stereocenters. The Labute approximate surface area is 140 Å². The first-order valence-electron chi connectivity index (χ1n) is 7.61. The van der Waals surface area contributed by atoms with E-state index in [1.807, 2.05) is 42.5 Å². The largest absolute Gasteiger partial charge is 0.382 e. The number of β-amino-alcohol motifs (C(OH)–C–C–N with tert-alkyl or cyclic N) is 1. The molecule has 0 radical (unpaired) electrons. The number of nitrogens with zero attached hydrogens (tertiary/aromatic N) is 3. The minimum atomic E-state index is -3.67. The van der Waals surface area contributed by atoms with Crippen molar-refractivity contribution in [3.8, 4) is 0 Å². The van der Waals surface area contributed by atoms with E-state index in [9.17, 15) is 13.5 Å². The Bertz CT molecular complexity index is 1010. The van der Waals surface area contributed by atoms with Crippen molar-refractivity contribution in [3.05, 3.63) is 60.3 Å². The van der Waals surface area contributed by atoms with E-state index < -0.39 is 15.6 Å². The van der Waals surface area contributed by atoms with Gasteiger partial charge in [0.2, 0.25) is 0 Å². The lowest BCUT2D eigenvalue weighted by atomic mass is 9.85. The third-order valence-corrected chi connectivity index (χ3v) is 6.14. The van der Waals surface area contributed by atoms with Crippen molar-refractivity contribution < 1.29 is 13.5 Å². The summed E-state index contributed by atoms with van der Waals surface area (Å²) in [6, 6.07) is 14.9. The Morgan fingerprint density at radius 3 is 2.50 bits per heavy atom. The van der Waals surface area contributed by atoms with Crippen LogP contribution in [0.5, 0.6) is 0 Å². The summed E-state index contributed by atoms with van der Waals surface area (Å²) >= 11 is 0. The quantitative estimate of drug-likeness (QED) is 0.781. The highest BCUT2D eigenvalue weighted by atomic mass is 32.2. The lowest BCUT2D eigenvalue weighted by molar-refractivity contribution is -0.0637. The molecule has 0 amide bonds. The van der Waals surface area contributed by atoms with E-state index in [0.717, 1.165) is 16.3 Å². The normalized spacial score (nSPS) is 17.8. The van der Waals surface area contributed by atoms with Crippen molar-refractivity contribution in [1.82, 2.24) is 14.1 Å². The molecule has 1 aliphatic heterocycles. The van der Waals surface area contributed by atoms with Crippen LogP contribution in [-0.2, 0) is 22.7 Å². The van der Waals surface area contributed by atoms with E-state index in [2.05, 4.69) is 5.10 Å². The van der Waals surface area contributed by atoms with E-state index in [1.165, 1.54) is 15.1 Å². The Kier molecular flexibility index (Phi) is 3.28. The Morgan fingerprint density at radius 2 is 1.79 bits per heavy atom. The van der Waals surface area contributed by atoms with Gasteiger partial charge in [0.15, 0.2) is 5.03 Å². The SMILES string of the molecule is Cn1ccc(S(=O)(=O)N2CC(O)(c3cccc4ccccc34)C2)n1. The molecule has 7 heteroatoms. The second-order valence-corrected chi connectivity index (χ2v) is 8.04. The van der Waals surface area contributed by atoms with E-state index in [1.54, 1.807) is 13.2 Å². The second-order valence-electron chi connectivity index (χ2n) is 6.16. The Morgan fingerprint density at radius 1 is 1.08 bits per heavy atom. The topological polar surface area (TPSA) is 75.4 Å². The van der Waals surface area contributed by atoms with Crippen LogP contribution in [0.25, 0.3) is 10.8 Å². The van der Waals surface area contributed by atoms with Gasteiger partial charge in [-0.05, 0) is 22.4 Å². The molecule has 1 aromatic heterocycles. The molecule has 1 saturated heterocycles. The first kappa shape index (κ1) is 15.3. The number of aromatic nitrogens is 2. The van der Waals surface area contributed by atoms with Gasteiger partial charge in [-0.1, -0.05) is 42.5 Å². The fourth-order valence-electron chi connectivity index (χ4n) is 3.17. The van der Waals surface area contributed by atoms with Gasteiger partial charge in [0.25, 0.3) is 10.0 Å². The Balaban J connectivity index is 1.66. The van der Waals surface area contributed by atoms with Crippen LogP contribution < -0.4 is 0 Å². The maximum Gasteiger partial charge on any atom is 0.262 e. The molecule has 3 aromatic rings. The van der Waals surface area contributed by atoms with Gasteiger partial charge in [-0.15, -0.1) is 0 Å². The van der Waals surface area contributed by atoms with Gasteiger partial charge >= 0.3 is 0 Å². The molecular formula is C17H17N3O3S. The smallest absolute Gasteiger partial charge is 0.262 e. The third-order valence-electron chi connectivity index (χ3n) is 4.46. The molecule has 0 unspecified atom stereocenters. The number of benzene rings is 2. The van der Waals surface area contributed by atoms with Crippen molar-refractivity contribution in [2.45, 2.75) is 10.6 Å². The van der Waals surface area contributed by atoms with Gasteiger partial charge in [0, 0.05) is 26.3 Å². The number of aliphatic hydroxyl groups is 1. The molecule has 1 fully saturated rings. The van der Waals surface area contributed by atoms with E-state index in [4.69, 9.17) is 0 Å². The van der Waals surface area contributed by atoms with Crippen molar-refractivity contribution in [1.29, 1.82) is 0 Å². The van der Waals surface area contributed by atoms with Gasteiger partial charge < -0.3 is 5.11 Å². The summed E-state index contributed by atoms with van der Waals surface area (Å²) in [5.74, 6) is 0. The minimum Gasteiger partial charge on any atom is -0.382 e. The lowest BCUT2D eigenvalue weighted by Crippen LogP contribution is -2.61. The lowest BCUT2D eigenvalue weighted by Gasteiger charge is -2.45. The average Bonchev–Trinajstić information content (AvgIpc) is 2.98. The second kappa shape index (κ2) is 5.14. The molecule has 0 spiro atoms. The summed E-state index contributed by atoms with van der Waals surface area (Å²) in [4.78, 5) is 0. The average molecular weight is 343 g/mol. The molecule has 0 aliphatic carbocycles. The Hall–Kier alpha value is -2.22. The maximum atomic E-state index is 12.5. The maximum absolute atomic E-state index is 12.5. The van der Waals surface area contributed by atoms with Gasteiger partial charge in [-0.25, -0.2) is 8.42 Å². The predicted molar refractivity (Wildman–Crippen MR) is 89.8 cm³/mol. The fraction of sp³-hybridized carbons (Fsp3) is 0.235. The van der Waals surface area contributed by atoms with Crippen LogP contribution in [0.1, 0.15) is 5.56 Å². The van der Waals surface area contributed by atoms with Crippen LogP contribution in [0.3, 0.4) is 0 Å². The zero-order chi connectivity index (χ0) is 16.9. The number of hydrogen-bond acceptors (Lipinski definition) is 4. The molecular weight excluding hydrogens is 326 g/mol. The zero-order valence-corrected chi connectivity index (χ0v) is 13.9. The van der Waals surface area contributed by atoms with Crippen molar-refractivity contribution in [3.63, 3.8) is 0 Å². The molecule has 6 nitrogen and oxygen atoms in total. The molecule has 0 bridgehead atoms. The molecule has 124 valence electrons. The van der Waals surface area contributed by atoms with Crippen LogP contribution in [-0.4, -0.2) is 40.7 Å². The predicted octanol–water partition coefficient (Wildman–Crippen LogP) is 1.47. The molecule has 1 N–H and O–H groups in total. The summed E-state index contributed by atoms with van der Waals surface area (Å²) in [6.07, 6.45) is 1.59. The van der Waals surface area contributed by atoms with E-state index in [0.29, 0.717) is 0 Å². The van der Waals surface area contributed by atoms with Gasteiger partial charge in [-0.2, -0.15) is 9.40 Å². The van der Waals surface area contributed by atoms with Crippen molar-refractivity contribution in [2.24, 2.45) is 7.05 Å². The zero-order valence-electron chi connectivity index (χ0n) is 13.1. The van der Waals surface area contributed by atoms with Gasteiger partial charge in [-0.3, -0.25) is 4.68 Å². The summed E-state index contributed by atoms with van der Waals surface area (Å²) < 4.78 is 27.8. The summed E-state index contributed by atoms with van der Waals surface area (Å²) in [7, 11) is -2.00. The third kappa shape index (κ3) is 2.24. The van der Waals surface area contributed by atoms with Crippen LogP contribution in [0, 0.1) is 0 Å². The molecule has 2 aromatic carbocycles. The number of aryl methyl sites for hydroxylation is 1. The van der Waals surface area contributed by atoms with E-state index >= 15 is 0 Å². The number of rotatable bonds is 3. The van der Waals surface area contributed by atoms with Crippen LogP contribution in [0.4, 0.5) is 0 Å². The monoisotopic (exact) mass is 343 g/mol. The summed E-state index contributed by atoms with van der Waals surface area (Å²) in [5.41, 5.74) is -0.420. The molecule has 1 aliphatic rings. The number of fused-ring (bicyclic) bond motifs is 1. The fourth-order valence-corrected chi connectivity index (χ4v) is 4.67.